The van der Waals surface area contributed by atoms with Crippen LogP contribution in [0.4, 0.5) is 0 Å². The molecule has 0 aromatic heterocycles. The SMILES string of the molecule is CCCCC(CN)S(=O)(=O)CCOS(=O)(=O)O. The molecule has 0 radical (unpaired) electrons. The molecule has 104 valence electrons. The summed E-state index contributed by atoms with van der Waals surface area (Å²) >= 11 is 0. The van der Waals surface area contributed by atoms with Gasteiger partial charge in [0.1, 0.15) is 0 Å². The van der Waals surface area contributed by atoms with Gasteiger partial charge in [-0.1, -0.05) is 19.8 Å². The monoisotopic (exact) mass is 289 g/mol. The Morgan fingerprint density at radius 2 is 1.88 bits per heavy atom. The summed E-state index contributed by atoms with van der Waals surface area (Å²) in [6, 6.07) is 0. The second-order valence-corrected chi connectivity index (χ2v) is 7.11. The second kappa shape index (κ2) is 7.27. The molecule has 0 saturated carbocycles. The minimum atomic E-state index is -4.59. The molecule has 9 heteroatoms. The lowest BCUT2D eigenvalue weighted by atomic mass is 10.2. The van der Waals surface area contributed by atoms with Gasteiger partial charge < -0.3 is 5.73 Å². The van der Waals surface area contributed by atoms with Gasteiger partial charge in [-0.2, -0.15) is 8.42 Å². The van der Waals surface area contributed by atoms with Crippen LogP contribution in [0.3, 0.4) is 0 Å². The van der Waals surface area contributed by atoms with Crippen molar-refractivity contribution < 1.29 is 25.6 Å². The topological polar surface area (TPSA) is 124 Å². The van der Waals surface area contributed by atoms with Crippen LogP contribution < -0.4 is 5.73 Å². The van der Waals surface area contributed by atoms with Gasteiger partial charge in [-0.15, -0.1) is 0 Å². The Morgan fingerprint density at radius 3 is 2.29 bits per heavy atom. The van der Waals surface area contributed by atoms with Crippen molar-refractivity contribution in [3.05, 3.63) is 0 Å². The summed E-state index contributed by atoms with van der Waals surface area (Å²) in [5, 5.41) is -0.688. The molecule has 0 saturated heterocycles. The van der Waals surface area contributed by atoms with E-state index in [4.69, 9.17) is 10.3 Å². The molecule has 0 bridgehead atoms. The van der Waals surface area contributed by atoms with Gasteiger partial charge in [0, 0.05) is 6.54 Å². The lowest BCUT2D eigenvalue weighted by Crippen LogP contribution is -2.33. The summed E-state index contributed by atoms with van der Waals surface area (Å²) in [5.74, 6) is -0.474. The molecule has 3 N–H and O–H groups in total. The van der Waals surface area contributed by atoms with Crippen LogP contribution in [-0.4, -0.2) is 45.5 Å². The predicted molar refractivity (Wildman–Crippen MR) is 63.7 cm³/mol. The molecule has 7 nitrogen and oxygen atoms in total. The fourth-order valence-corrected chi connectivity index (χ4v) is 3.17. The van der Waals surface area contributed by atoms with E-state index < -0.39 is 37.8 Å². The molecule has 0 fully saturated rings. The van der Waals surface area contributed by atoms with Crippen molar-refractivity contribution in [2.45, 2.75) is 31.4 Å². The van der Waals surface area contributed by atoms with E-state index in [0.717, 1.165) is 12.8 Å². The molecule has 0 heterocycles. The number of hydrogen-bond donors (Lipinski definition) is 2. The van der Waals surface area contributed by atoms with Crippen molar-refractivity contribution in [3.63, 3.8) is 0 Å². The molecule has 0 aromatic carbocycles. The largest absolute Gasteiger partial charge is 0.397 e. The quantitative estimate of drug-likeness (QED) is 0.560. The van der Waals surface area contributed by atoms with Crippen LogP contribution in [0.2, 0.25) is 0 Å². The smallest absolute Gasteiger partial charge is 0.329 e. The zero-order chi connectivity index (χ0) is 13.5. The number of hydrogen-bond acceptors (Lipinski definition) is 6. The molecule has 0 amide bonds. The summed E-state index contributed by atoms with van der Waals surface area (Å²) in [6.45, 7) is 1.33. The first-order valence-corrected chi connectivity index (χ1v) is 8.34. The van der Waals surface area contributed by atoms with E-state index >= 15 is 0 Å². The van der Waals surface area contributed by atoms with E-state index in [1.807, 2.05) is 6.92 Å². The van der Waals surface area contributed by atoms with Gasteiger partial charge in [-0.3, -0.25) is 4.55 Å². The first-order chi connectivity index (χ1) is 7.73. The van der Waals surface area contributed by atoms with Crippen molar-refractivity contribution in [1.82, 2.24) is 0 Å². The van der Waals surface area contributed by atoms with Gasteiger partial charge in [-0.05, 0) is 6.42 Å². The highest BCUT2D eigenvalue weighted by Crippen LogP contribution is 2.10. The Bertz CT molecular complexity index is 402. The highest BCUT2D eigenvalue weighted by atomic mass is 32.3. The molecule has 1 atom stereocenters. The van der Waals surface area contributed by atoms with Crippen molar-refractivity contribution in [2.24, 2.45) is 5.73 Å². The minimum Gasteiger partial charge on any atom is -0.329 e. The van der Waals surface area contributed by atoms with Crippen LogP contribution in [0.1, 0.15) is 26.2 Å². The summed E-state index contributed by atoms with van der Waals surface area (Å²) in [7, 11) is -8.08. The summed E-state index contributed by atoms with van der Waals surface area (Å²) in [4.78, 5) is 0. The molecule has 0 aliphatic rings. The molecular weight excluding hydrogens is 270 g/mol. The Balaban J connectivity index is 4.34. The fraction of sp³-hybridized carbons (Fsp3) is 1.00. The molecular formula is C8H19NO6S2. The van der Waals surface area contributed by atoms with E-state index in [1.165, 1.54) is 0 Å². The lowest BCUT2D eigenvalue weighted by Gasteiger charge is -2.14. The van der Waals surface area contributed by atoms with E-state index in [0.29, 0.717) is 6.42 Å². The summed E-state index contributed by atoms with van der Waals surface area (Å²) < 4.78 is 56.2. The van der Waals surface area contributed by atoms with Crippen LogP contribution in [0, 0.1) is 0 Å². The first kappa shape index (κ1) is 16.8. The van der Waals surface area contributed by atoms with Gasteiger partial charge in [-0.25, -0.2) is 12.6 Å². The minimum absolute atomic E-state index is 0.00575. The van der Waals surface area contributed by atoms with Crippen LogP contribution in [-0.2, 0) is 24.4 Å². The van der Waals surface area contributed by atoms with E-state index in [2.05, 4.69) is 4.18 Å². The average molecular weight is 289 g/mol. The van der Waals surface area contributed by atoms with Crippen LogP contribution in [0.15, 0.2) is 0 Å². The number of rotatable bonds is 9. The third-order valence-corrected chi connectivity index (χ3v) is 4.89. The Labute approximate surface area is 102 Å². The Morgan fingerprint density at radius 1 is 1.29 bits per heavy atom. The predicted octanol–water partition coefficient (Wildman–Crippen LogP) is -0.262. The maximum absolute atomic E-state index is 11.7. The molecule has 17 heavy (non-hydrogen) atoms. The molecule has 1 unspecified atom stereocenters. The van der Waals surface area contributed by atoms with Gasteiger partial charge in [0.25, 0.3) is 0 Å². The van der Waals surface area contributed by atoms with Crippen molar-refractivity contribution in [1.29, 1.82) is 0 Å². The molecule has 0 spiro atoms. The third kappa shape index (κ3) is 7.66. The maximum Gasteiger partial charge on any atom is 0.397 e. The van der Waals surface area contributed by atoms with Crippen LogP contribution >= 0.6 is 0 Å². The van der Waals surface area contributed by atoms with Crippen molar-refractivity contribution in [3.8, 4) is 0 Å². The highest BCUT2D eigenvalue weighted by molar-refractivity contribution is 7.92. The maximum atomic E-state index is 11.7. The summed E-state index contributed by atoms with van der Waals surface area (Å²) in [6.07, 6.45) is 2.04. The van der Waals surface area contributed by atoms with Gasteiger partial charge in [0.05, 0.1) is 17.6 Å². The Hall–Kier alpha value is -0.220. The normalized spacial score (nSPS) is 14.8. The van der Waals surface area contributed by atoms with Gasteiger partial charge >= 0.3 is 10.4 Å². The number of nitrogens with two attached hydrogens (primary N) is 1. The van der Waals surface area contributed by atoms with Crippen LogP contribution in [0.25, 0.3) is 0 Å². The zero-order valence-electron chi connectivity index (χ0n) is 9.70. The zero-order valence-corrected chi connectivity index (χ0v) is 11.3. The highest BCUT2D eigenvalue weighted by Gasteiger charge is 2.24. The number of unbranched alkanes of at least 4 members (excludes halogenated alkanes) is 1. The fourth-order valence-electron chi connectivity index (χ4n) is 1.30. The lowest BCUT2D eigenvalue weighted by molar-refractivity contribution is 0.283. The van der Waals surface area contributed by atoms with Crippen molar-refractivity contribution >= 4 is 20.2 Å². The van der Waals surface area contributed by atoms with Gasteiger partial charge in [0.15, 0.2) is 9.84 Å². The molecule has 0 aliphatic carbocycles. The van der Waals surface area contributed by atoms with Crippen LogP contribution in [0.5, 0.6) is 0 Å². The standard InChI is InChI=1S/C8H19NO6S2/c1-2-3-4-8(7-9)16(10,11)6-5-15-17(12,13)14/h8H,2-7,9H2,1H3,(H,12,13,14). The second-order valence-electron chi connectivity index (χ2n) is 3.62. The van der Waals surface area contributed by atoms with E-state index in [9.17, 15) is 16.8 Å². The van der Waals surface area contributed by atoms with Crippen molar-refractivity contribution in [2.75, 3.05) is 18.9 Å². The molecule has 0 aliphatic heterocycles. The number of sulfone groups is 1. The summed E-state index contributed by atoms with van der Waals surface area (Å²) in [5.41, 5.74) is 5.37. The first-order valence-electron chi connectivity index (χ1n) is 5.26. The molecule has 0 aromatic rings. The van der Waals surface area contributed by atoms with Gasteiger partial charge in [0.2, 0.25) is 0 Å². The third-order valence-electron chi connectivity index (χ3n) is 2.25. The molecule has 0 rings (SSSR count). The Kier molecular flexibility index (Phi) is 7.17. The van der Waals surface area contributed by atoms with E-state index in [-0.39, 0.29) is 6.54 Å². The van der Waals surface area contributed by atoms with E-state index in [1.54, 1.807) is 0 Å². The average Bonchev–Trinajstić information content (AvgIpc) is 2.16.